The van der Waals surface area contributed by atoms with Gasteiger partial charge in [-0.25, -0.2) is 0 Å². The number of nitrogens with zero attached hydrogens (tertiary/aromatic N) is 4. The Hall–Kier alpha value is -5.34. The lowest BCUT2D eigenvalue weighted by Crippen LogP contribution is -2.51. The number of piperazine rings is 1. The summed E-state index contributed by atoms with van der Waals surface area (Å²) in [5, 5.41) is 12.0. The van der Waals surface area contributed by atoms with Gasteiger partial charge >= 0.3 is 0 Å². The van der Waals surface area contributed by atoms with Gasteiger partial charge in [-0.15, -0.1) is 0 Å². The molecule has 0 unspecified atom stereocenters. The molecule has 5 rings (SSSR count). The molecule has 0 saturated carbocycles. The zero-order valence-corrected chi connectivity index (χ0v) is 24.0. The Labute approximate surface area is 250 Å². The van der Waals surface area contributed by atoms with Crippen molar-refractivity contribution in [3.05, 3.63) is 120 Å². The first-order chi connectivity index (χ1) is 20.9. The van der Waals surface area contributed by atoms with Crippen molar-refractivity contribution >= 4 is 33.2 Å². The van der Waals surface area contributed by atoms with Crippen LogP contribution in [0.4, 0.5) is 11.4 Å². The molecule has 2 amide bonds. The summed E-state index contributed by atoms with van der Waals surface area (Å²) < 4.78 is 28.0. The summed E-state index contributed by atoms with van der Waals surface area (Å²) in [7, 11) is -4.17. The lowest BCUT2D eigenvalue weighted by atomic mass is 10.1. The third-order valence-electron chi connectivity index (χ3n) is 6.93. The first kappa shape index (κ1) is 29.2. The van der Waals surface area contributed by atoms with Crippen molar-refractivity contribution in [3.8, 4) is 11.8 Å². The summed E-state index contributed by atoms with van der Waals surface area (Å²) in [6.07, 6.45) is 0. The first-order valence-electron chi connectivity index (χ1n) is 13.6. The quantitative estimate of drug-likeness (QED) is 0.292. The van der Waals surface area contributed by atoms with Gasteiger partial charge in [0.25, 0.3) is 15.9 Å². The second-order valence-corrected chi connectivity index (χ2v) is 11.4. The molecule has 0 aromatic heterocycles. The molecule has 0 atom stereocenters. The second-order valence-electron chi connectivity index (χ2n) is 9.68. The molecular formula is C32H29N5O5S. The standard InChI is InChI=1S/C32H29N5O5S/c33-23-26-9-7-8-14-30(26)35-19-21-36(22-20-35)31(38)24-34-32(39)25-15-17-29(18-16-25)43(40,41)37(27-10-3-1-4-11-27)42-28-12-5-2-6-13-28/h1-18H,19-22,24H2,(H,34,39). The molecule has 1 heterocycles. The van der Waals surface area contributed by atoms with Gasteiger partial charge in [0.1, 0.15) is 6.07 Å². The van der Waals surface area contributed by atoms with Crippen LogP contribution in [0, 0.1) is 11.3 Å². The van der Waals surface area contributed by atoms with Gasteiger partial charge in [-0.2, -0.15) is 13.7 Å². The van der Waals surface area contributed by atoms with E-state index in [1.54, 1.807) is 71.6 Å². The number of hydrogen-bond donors (Lipinski definition) is 1. The predicted octanol–water partition coefficient (Wildman–Crippen LogP) is 3.83. The summed E-state index contributed by atoms with van der Waals surface area (Å²) in [5.74, 6) is -0.388. The van der Waals surface area contributed by atoms with E-state index in [-0.39, 0.29) is 22.9 Å². The molecule has 11 heteroatoms. The van der Waals surface area contributed by atoms with Crippen LogP contribution in [0.5, 0.6) is 5.75 Å². The molecule has 10 nitrogen and oxygen atoms in total. The highest BCUT2D eigenvalue weighted by molar-refractivity contribution is 7.92. The highest BCUT2D eigenvalue weighted by Crippen LogP contribution is 2.26. The van der Waals surface area contributed by atoms with Gasteiger partial charge in [0.05, 0.1) is 28.4 Å². The second kappa shape index (κ2) is 13.1. The van der Waals surface area contributed by atoms with E-state index >= 15 is 0 Å². The normalized spacial score (nSPS) is 13.1. The Balaban J connectivity index is 1.20. The minimum atomic E-state index is -4.17. The van der Waals surface area contributed by atoms with Gasteiger partial charge in [0.2, 0.25) is 5.91 Å². The molecule has 0 aliphatic carbocycles. The largest absolute Gasteiger partial charge is 0.367 e. The fourth-order valence-electron chi connectivity index (χ4n) is 4.65. The number of rotatable bonds is 9. The van der Waals surface area contributed by atoms with Crippen LogP contribution < -0.4 is 19.5 Å². The molecule has 0 bridgehead atoms. The minimum absolute atomic E-state index is 0.0734. The summed E-state index contributed by atoms with van der Waals surface area (Å²) in [5.41, 5.74) is 1.95. The van der Waals surface area contributed by atoms with Gasteiger partial charge in [-0.05, 0) is 60.7 Å². The Kier molecular flexibility index (Phi) is 8.88. The maximum atomic E-state index is 13.6. The fourth-order valence-corrected chi connectivity index (χ4v) is 5.91. The Morgan fingerprint density at radius 2 is 1.42 bits per heavy atom. The van der Waals surface area contributed by atoms with Crippen molar-refractivity contribution in [2.75, 3.05) is 42.1 Å². The molecule has 4 aromatic rings. The number of nitrogens with one attached hydrogen (secondary N) is 1. The van der Waals surface area contributed by atoms with E-state index in [1.165, 1.54) is 24.3 Å². The van der Waals surface area contributed by atoms with Gasteiger partial charge in [-0.3, -0.25) is 9.59 Å². The first-order valence-corrected chi connectivity index (χ1v) is 15.0. The molecule has 1 fully saturated rings. The third-order valence-corrected chi connectivity index (χ3v) is 8.52. The van der Waals surface area contributed by atoms with E-state index < -0.39 is 15.9 Å². The predicted molar refractivity (Wildman–Crippen MR) is 162 cm³/mol. The number of benzene rings is 4. The summed E-state index contributed by atoms with van der Waals surface area (Å²) >= 11 is 0. The van der Waals surface area contributed by atoms with E-state index in [2.05, 4.69) is 16.3 Å². The molecule has 1 aliphatic rings. The molecule has 4 aromatic carbocycles. The monoisotopic (exact) mass is 595 g/mol. The van der Waals surface area contributed by atoms with Crippen LogP contribution in [0.1, 0.15) is 15.9 Å². The highest BCUT2D eigenvalue weighted by Gasteiger charge is 2.28. The Morgan fingerprint density at radius 1 is 0.814 bits per heavy atom. The number of amides is 2. The van der Waals surface area contributed by atoms with E-state index in [0.29, 0.717) is 43.2 Å². The third kappa shape index (κ3) is 6.77. The molecule has 218 valence electrons. The number of nitriles is 1. The summed E-state index contributed by atoms with van der Waals surface area (Å²) in [6, 6.07) is 32.0. The van der Waals surface area contributed by atoms with Crippen molar-refractivity contribution in [1.82, 2.24) is 10.2 Å². The van der Waals surface area contributed by atoms with Crippen LogP contribution in [0.25, 0.3) is 0 Å². The van der Waals surface area contributed by atoms with Crippen LogP contribution in [0.2, 0.25) is 0 Å². The Bertz CT molecular complexity index is 1720. The molecule has 0 spiro atoms. The number of hydrogen-bond acceptors (Lipinski definition) is 7. The van der Waals surface area contributed by atoms with Crippen molar-refractivity contribution in [1.29, 1.82) is 5.26 Å². The van der Waals surface area contributed by atoms with Crippen LogP contribution in [-0.2, 0) is 14.8 Å². The molecule has 1 aliphatic heterocycles. The number of carbonyl (C=O) groups excluding carboxylic acids is 2. The average Bonchev–Trinajstić information content (AvgIpc) is 3.06. The van der Waals surface area contributed by atoms with Crippen LogP contribution in [0.15, 0.2) is 114 Å². The van der Waals surface area contributed by atoms with Gasteiger partial charge in [0, 0.05) is 31.7 Å². The molecular weight excluding hydrogens is 566 g/mol. The maximum Gasteiger partial charge on any atom is 0.295 e. The molecule has 1 saturated heterocycles. The van der Waals surface area contributed by atoms with Crippen molar-refractivity contribution < 1.29 is 22.8 Å². The molecule has 1 N–H and O–H groups in total. The zero-order chi connectivity index (χ0) is 30.2. The number of para-hydroxylation sites is 3. The fraction of sp³-hybridized carbons (Fsp3) is 0.156. The van der Waals surface area contributed by atoms with Crippen molar-refractivity contribution in [2.24, 2.45) is 0 Å². The van der Waals surface area contributed by atoms with E-state index in [9.17, 15) is 23.3 Å². The summed E-state index contributed by atoms with van der Waals surface area (Å²) in [4.78, 5) is 35.0. The Morgan fingerprint density at radius 3 is 2.07 bits per heavy atom. The number of sulfonamides is 1. The van der Waals surface area contributed by atoms with Crippen molar-refractivity contribution in [2.45, 2.75) is 4.90 Å². The highest BCUT2D eigenvalue weighted by atomic mass is 32.2. The van der Waals surface area contributed by atoms with E-state index in [4.69, 9.17) is 4.84 Å². The average molecular weight is 596 g/mol. The van der Waals surface area contributed by atoms with Gasteiger partial charge in [-0.1, -0.05) is 53.0 Å². The van der Waals surface area contributed by atoms with Gasteiger partial charge < -0.3 is 20.0 Å². The summed E-state index contributed by atoms with van der Waals surface area (Å²) in [6.45, 7) is 1.87. The topological polar surface area (TPSA) is 123 Å². The van der Waals surface area contributed by atoms with E-state index in [1.807, 2.05) is 18.2 Å². The van der Waals surface area contributed by atoms with Crippen LogP contribution in [0.3, 0.4) is 0 Å². The van der Waals surface area contributed by atoms with Crippen LogP contribution in [-0.4, -0.2) is 57.9 Å². The van der Waals surface area contributed by atoms with Gasteiger partial charge in [0.15, 0.2) is 5.75 Å². The number of carbonyl (C=O) groups is 2. The van der Waals surface area contributed by atoms with Crippen molar-refractivity contribution in [3.63, 3.8) is 0 Å². The number of anilines is 2. The maximum absolute atomic E-state index is 13.6. The smallest absolute Gasteiger partial charge is 0.295 e. The van der Waals surface area contributed by atoms with E-state index in [0.717, 1.165) is 10.2 Å². The zero-order valence-electron chi connectivity index (χ0n) is 23.2. The molecule has 43 heavy (non-hydrogen) atoms. The lowest BCUT2D eigenvalue weighted by molar-refractivity contribution is -0.130. The lowest BCUT2D eigenvalue weighted by Gasteiger charge is -2.36. The minimum Gasteiger partial charge on any atom is -0.367 e. The van der Waals surface area contributed by atoms with Crippen LogP contribution >= 0.6 is 0 Å². The molecule has 0 radical (unpaired) electrons. The SMILES string of the molecule is N#Cc1ccccc1N1CCN(C(=O)CNC(=O)c2ccc(S(=O)(=O)N(Oc3ccccc3)c3ccccc3)cc2)CC1.